The molecule has 26 heavy (non-hydrogen) atoms. The average molecular weight is 357 g/mol. The molecule has 1 aromatic heterocycles. The van der Waals surface area contributed by atoms with Crippen molar-refractivity contribution < 1.29 is 19.0 Å². The Morgan fingerprint density at radius 3 is 2.54 bits per heavy atom. The number of aliphatic hydroxyl groups is 1. The van der Waals surface area contributed by atoms with Gasteiger partial charge in [0.2, 0.25) is 0 Å². The topological polar surface area (TPSA) is 69.4 Å². The summed E-state index contributed by atoms with van der Waals surface area (Å²) in [7, 11) is 1.57. The smallest absolute Gasteiger partial charge is 0.188 e. The highest BCUT2D eigenvalue weighted by Crippen LogP contribution is 2.27. The first-order valence-electron chi connectivity index (χ1n) is 8.28. The molecule has 2 aromatic carbocycles. The molecule has 0 spiro atoms. The van der Waals surface area contributed by atoms with Crippen molar-refractivity contribution in [2.24, 2.45) is 0 Å². The van der Waals surface area contributed by atoms with Crippen LogP contribution in [0.3, 0.4) is 0 Å². The third-order valence-electron chi connectivity index (χ3n) is 3.78. The number of halogens is 1. The number of benzene rings is 2. The van der Waals surface area contributed by atoms with Crippen LogP contribution in [-0.2, 0) is 13.2 Å². The van der Waals surface area contributed by atoms with E-state index in [9.17, 15) is 4.39 Å². The van der Waals surface area contributed by atoms with Crippen molar-refractivity contribution in [3.63, 3.8) is 0 Å². The summed E-state index contributed by atoms with van der Waals surface area (Å²) >= 11 is 0. The number of aliphatic hydroxyl groups excluding tert-OH is 1. The quantitative estimate of drug-likeness (QED) is 0.671. The van der Waals surface area contributed by atoms with E-state index in [0.29, 0.717) is 41.7 Å². The van der Waals surface area contributed by atoms with Crippen LogP contribution in [0.25, 0.3) is 11.4 Å². The number of nitrogens with zero attached hydrogens (tertiary/aromatic N) is 3. The maximum Gasteiger partial charge on any atom is 0.188 e. The van der Waals surface area contributed by atoms with Gasteiger partial charge in [-0.05, 0) is 30.7 Å². The fourth-order valence-electron chi connectivity index (χ4n) is 2.55. The predicted molar refractivity (Wildman–Crippen MR) is 94.4 cm³/mol. The van der Waals surface area contributed by atoms with E-state index in [1.165, 1.54) is 6.07 Å². The van der Waals surface area contributed by atoms with Crippen LogP contribution in [0.5, 0.6) is 11.5 Å². The van der Waals surface area contributed by atoms with Gasteiger partial charge in [0.1, 0.15) is 12.4 Å². The van der Waals surface area contributed by atoms with E-state index in [0.717, 1.165) is 0 Å². The Hall–Kier alpha value is -2.93. The van der Waals surface area contributed by atoms with E-state index in [-0.39, 0.29) is 19.0 Å². The van der Waals surface area contributed by atoms with E-state index in [1.807, 2.05) is 12.1 Å². The number of rotatable bonds is 8. The van der Waals surface area contributed by atoms with Crippen molar-refractivity contribution in [2.45, 2.75) is 19.6 Å². The molecule has 3 aromatic rings. The van der Waals surface area contributed by atoms with Gasteiger partial charge < -0.3 is 14.6 Å². The highest BCUT2D eigenvalue weighted by atomic mass is 19.1. The van der Waals surface area contributed by atoms with Crippen molar-refractivity contribution >= 4 is 0 Å². The van der Waals surface area contributed by atoms with Gasteiger partial charge in [0.25, 0.3) is 0 Å². The maximum absolute atomic E-state index is 14.2. The number of aryl methyl sites for hydroxylation is 1. The summed E-state index contributed by atoms with van der Waals surface area (Å²) in [6, 6.07) is 13.7. The van der Waals surface area contributed by atoms with Crippen LogP contribution in [0.1, 0.15) is 12.2 Å². The lowest BCUT2D eigenvalue weighted by atomic mass is 10.2. The molecule has 0 amide bonds. The van der Waals surface area contributed by atoms with Gasteiger partial charge in [-0.15, -0.1) is 0 Å². The van der Waals surface area contributed by atoms with Crippen LogP contribution in [0, 0.1) is 5.82 Å². The molecule has 0 saturated carbocycles. The van der Waals surface area contributed by atoms with Crippen molar-refractivity contribution in [3.8, 4) is 22.9 Å². The summed E-state index contributed by atoms with van der Waals surface area (Å²) in [5.74, 6) is 1.65. The van der Waals surface area contributed by atoms with Crippen LogP contribution in [-0.4, -0.2) is 33.6 Å². The monoisotopic (exact) mass is 357 g/mol. The SMILES string of the molecule is COc1ccccc1OCc1nc(-c2ccccc2F)n(CCCO)n1. The molecule has 3 rings (SSSR count). The van der Waals surface area contributed by atoms with Gasteiger partial charge in [0.15, 0.2) is 23.1 Å². The van der Waals surface area contributed by atoms with Gasteiger partial charge in [-0.25, -0.2) is 14.1 Å². The Bertz CT molecular complexity index is 867. The van der Waals surface area contributed by atoms with Gasteiger partial charge in [0.05, 0.1) is 12.7 Å². The largest absolute Gasteiger partial charge is 0.493 e. The van der Waals surface area contributed by atoms with Gasteiger partial charge in [0, 0.05) is 13.2 Å². The first kappa shape index (κ1) is 17.9. The number of hydrogen-bond donors (Lipinski definition) is 1. The molecule has 136 valence electrons. The van der Waals surface area contributed by atoms with E-state index in [4.69, 9.17) is 14.6 Å². The molecule has 0 saturated heterocycles. The highest BCUT2D eigenvalue weighted by molar-refractivity contribution is 5.56. The van der Waals surface area contributed by atoms with Crippen LogP contribution >= 0.6 is 0 Å². The molecule has 6 nitrogen and oxygen atoms in total. The molecule has 0 aliphatic carbocycles. The van der Waals surface area contributed by atoms with Crippen LogP contribution in [0.4, 0.5) is 4.39 Å². The standard InChI is InChI=1S/C19H20FN3O3/c1-25-16-9-4-5-10-17(16)26-13-18-21-19(23(22-18)11-6-12-24)14-7-2-3-8-15(14)20/h2-5,7-10,24H,6,11-13H2,1H3. The molecule has 0 unspecified atom stereocenters. The second-order valence-electron chi connectivity index (χ2n) is 5.57. The Morgan fingerprint density at radius 2 is 1.81 bits per heavy atom. The summed E-state index contributed by atoms with van der Waals surface area (Å²) in [6.45, 7) is 0.569. The van der Waals surface area contributed by atoms with Gasteiger partial charge in [-0.1, -0.05) is 24.3 Å². The molecule has 0 aliphatic heterocycles. The minimum atomic E-state index is -0.373. The Kier molecular flexibility index (Phi) is 5.80. The summed E-state index contributed by atoms with van der Waals surface area (Å²) in [5, 5.41) is 13.5. The fourth-order valence-corrected chi connectivity index (χ4v) is 2.55. The minimum Gasteiger partial charge on any atom is -0.493 e. The average Bonchev–Trinajstić information content (AvgIpc) is 3.08. The number of para-hydroxylation sites is 2. The second-order valence-corrected chi connectivity index (χ2v) is 5.57. The summed E-state index contributed by atoms with van der Waals surface area (Å²) in [4.78, 5) is 4.43. The third kappa shape index (κ3) is 4.00. The molecule has 1 heterocycles. The van der Waals surface area contributed by atoms with Crippen LogP contribution < -0.4 is 9.47 Å². The molecular weight excluding hydrogens is 337 g/mol. The zero-order valence-electron chi connectivity index (χ0n) is 14.4. The van der Waals surface area contributed by atoms with Crippen LogP contribution in [0.15, 0.2) is 48.5 Å². The number of aromatic nitrogens is 3. The second kappa shape index (κ2) is 8.44. The number of methoxy groups -OCH3 is 1. The van der Waals surface area contributed by atoms with Crippen molar-refractivity contribution in [1.82, 2.24) is 14.8 Å². The molecule has 7 heteroatoms. The normalized spacial score (nSPS) is 10.7. The first-order valence-corrected chi connectivity index (χ1v) is 8.28. The number of hydrogen-bond acceptors (Lipinski definition) is 5. The zero-order valence-corrected chi connectivity index (χ0v) is 14.4. The first-order chi connectivity index (χ1) is 12.7. The molecule has 0 aliphatic rings. The molecular formula is C19H20FN3O3. The van der Waals surface area contributed by atoms with Crippen molar-refractivity contribution in [2.75, 3.05) is 13.7 Å². The van der Waals surface area contributed by atoms with Gasteiger partial charge in [-0.3, -0.25) is 0 Å². The Labute approximate surface area is 150 Å². The summed E-state index contributed by atoms with van der Waals surface area (Å²) in [6.07, 6.45) is 0.498. The lowest BCUT2D eigenvalue weighted by Gasteiger charge is -2.08. The third-order valence-corrected chi connectivity index (χ3v) is 3.78. The van der Waals surface area contributed by atoms with E-state index >= 15 is 0 Å². The van der Waals surface area contributed by atoms with Crippen molar-refractivity contribution in [3.05, 3.63) is 60.2 Å². The fraction of sp³-hybridized carbons (Fsp3) is 0.263. The van der Waals surface area contributed by atoms with E-state index < -0.39 is 0 Å². The Morgan fingerprint density at radius 1 is 1.08 bits per heavy atom. The molecule has 0 fully saturated rings. The Balaban J connectivity index is 1.85. The molecule has 0 radical (unpaired) electrons. The molecule has 0 atom stereocenters. The highest BCUT2D eigenvalue weighted by Gasteiger charge is 2.16. The summed E-state index contributed by atoms with van der Waals surface area (Å²) < 4.78 is 26.7. The van der Waals surface area contributed by atoms with Crippen LogP contribution in [0.2, 0.25) is 0 Å². The summed E-state index contributed by atoms with van der Waals surface area (Å²) in [5.41, 5.74) is 0.362. The predicted octanol–water partition coefficient (Wildman–Crippen LogP) is 3.05. The van der Waals surface area contributed by atoms with E-state index in [2.05, 4.69) is 10.1 Å². The lowest BCUT2D eigenvalue weighted by molar-refractivity contribution is 0.270. The number of ether oxygens (including phenoxy) is 2. The van der Waals surface area contributed by atoms with Crippen molar-refractivity contribution in [1.29, 1.82) is 0 Å². The molecule has 0 bridgehead atoms. The lowest BCUT2D eigenvalue weighted by Crippen LogP contribution is -2.06. The molecule has 1 N–H and O–H groups in total. The zero-order chi connectivity index (χ0) is 18.4. The maximum atomic E-state index is 14.2. The van der Waals surface area contributed by atoms with Gasteiger partial charge in [-0.2, -0.15) is 5.10 Å². The minimum absolute atomic E-state index is 0.0175. The van der Waals surface area contributed by atoms with Gasteiger partial charge >= 0.3 is 0 Å². The van der Waals surface area contributed by atoms with E-state index in [1.54, 1.807) is 42.1 Å².